The summed E-state index contributed by atoms with van der Waals surface area (Å²) in [4.78, 5) is 20.5. The lowest BCUT2D eigenvalue weighted by atomic mass is 10.1. The third-order valence-electron chi connectivity index (χ3n) is 2.42. The van der Waals surface area contributed by atoms with Crippen LogP contribution in [0, 0.1) is 10.1 Å². The fourth-order valence-electron chi connectivity index (χ4n) is 1.39. The van der Waals surface area contributed by atoms with Crippen molar-refractivity contribution in [2.75, 3.05) is 5.32 Å². The number of nitro groups is 1. The Bertz CT molecular complexity index is 534. The third kappa shape index (κ3) is 3.92. The molecule has 0 aliphatic heterocycles. The lowest BCUT2D eigenvalue weighted by Gasteiger charge is -2.15. The van der Waals surface area contributed by atoms with Gasteiger partial charge in [0, 0.05) is 12.1 Å². The van der Waals surface area contributed by atoms with Crippen LogP contribution < -0.4 is 5.32 Å². The van der Waals surface area contributed by atoms with E-state index in [2.05, 4.69) is 21.2 Å². The predicted octanol–water partition coefficient (Wildman–Crippen LogP) is 3.73. The molecule has 1 aromatic rings. The van der Waals surface area contributed by atoms with E-state index in [4.69, 9.17) is 0 Å². The van der Waals surface area contributed by atoms with E-state index in [1.54, 1.807) is 6.92 Å². The largest absolute Gasteiger partial charge is 0.418 e. The molecule has 0 aliphatic rings. The van der Waals surface area contributed by atoms with E-state index in [9.17, 15) is 28.1 Å². The number of nitrogens with zero attached hydrogens (tertiary/aromatic N) is 1. The molecule has 20 heavy (non-hydrogen) atoms. The Morgan fingerprint density at radius 3 is 2.55 bits per heavy atom. The Hall–Kier alpha value is -1.64. The molecule has 1 atom stereocenters. The van der Waals surface area contributed by atoms with Gasteiger partial charge in [-0.25, -0.2) is 0 Å². The summed E-state index contributed by atoms with van der Waals surface area (Å²) in [5.74, 6) is -0.646. The van der Waals surface area contributed by atoms with Gasteiger partial charge < -0.3 is 5.32 Å². The normalized spacial score (nSPS) is 12.8. The number of alkyl halides is 4. The highest BCUT2D eigenvalue weighted by molar-refractivity contribution is 9.10. The van der Waals surface area contributed by atoms with Crippen LogP contribution in [0.25, 0.3) is 0 Å². The van der Waals surface area contributed by atoms with Gasteiger partial charge in [0.25, 0.3) is 5.69 Å². The van der Waals surface area contributed by atoms with Gasteiger partial charge >= 0.3 is 6.18 Å². The molecule has 9 heteroatoms. The van der Waals surface area contributed by atoms with Crippen molar-refractivity contribution in [1.82, 2.24) is 0 Å². The summed E-state index contributed by atoms with van der Waals surface area (Å²) in [6.07, 6.45) is -4.41. The molecule has 1 rings (SSSR count). The molecule has 0 spiro atoms. The highest BCUT2D eigenvalue weighted by Crippen LogP contribution is 2.37. The Morgan fingerprint density at radius 2 is 2.10 bits per heavy atom. The van der Waals surface area contributed by atoms with Crippen molar-refractivity contribution in [2.24, 2.45) is 0 Å². The lowest BCUT2D eigenvalue weighted by Crippen LogP contribution is -2.24. The first-order valence-corrected chi connectivity index (χ1v) is 6.39. The van der Waals surface area contributed by atoms with Crippen molar-refractivity contribution in [1.29, 1.82) is 0 Å². The highest BCUT2D eigenvalue weighted by Gasteiger charge is 2.35. The first-order valence-electron chi connectivity index (χ1n) is 5.47. The van der Waals surface area contributed by atoms with Crippen LogP contribution >= 0.6 is 15.9 Å². The van der Waals surface area contributed by atoms with Crippen molar-refractivity contribution in [2.45, 2.75) is 24.3 Å². The maximum Gasteiger partial charge on any atom is 0.418 e. The second-order valence-corrected chi connectivity index (χ2v) is 4.96. The number of carbonyl (C=O) groups excluding carboxylic acids is 1. The standard InChI is InChI=1S/C11H10BrF3N2O3/c1-2-8(12)10(18)16-9-4-3-6(17(19)20)5-7(9)11(13,14)15/h3-5,8H,2H2,1H3,(H,16,18). The van der Waals surface area contributed by atoms with Gasteiger partial charge in [-0.1, -0.05) is 22.9 Å². The number of non-ortho nitro benzene ring substituents is 1. The summed E-state index contributed by atoms with van der Waals surface area (Å²) >= 11 is 3.01. The van der Waals surface area contributed by atoms with Gasteiger partial charge in [0.05, 0.1) is 21.0 Å². The fraction of sp³-hybridized carbons (Fsp3) is 0.364. The summed E-state index contributed by atoms with van der Waals surface area (Å²) in [5, 5.41) is 12.6. The fourth-order valence-corrected chi connectivity index (χ4v) is 1.50. The SMILES string of the molecule is CCC(Br)C(=O)Nc1ccc([N+](=O)[O-])cc1C(F)(F)F. The van der Waals surface area contributed by atoms with E-state index in [0.717, 1.165) is 12.1 Å². The number of carbonyl (C=O) groups is 1. The maximum atomic E-state index is 12.8. The molecule has 0 aromatic heterocycles. The summed E-state index contributed by atoms with van der Waals surface area (Å²) in [6.45, 7) is 1.68. The molecule has 0 bridgehead atoms. The average molecular weight is 355 g/mol. The molecule has 0 aliphatic carbocycles. The van der Waals surface area contributed by atoms with Crippen LogP contribution in [-0.2, 0) is 11.0 Å². The van der Waals surface area contributed by atoms with E-state index in [1.807, 2.05) is 0 Å². The Labute approximate surface area is 120 Å². The number of hydrogen-bond donors (Lipinski definition) is 1. The van der Waals surface area contributed by atoms with Crippen LogP contribution in [0.15, 0.2) is 18.2 Å². The number of halogens is 4. The van der Waals surface area contributed by atoms with Crippen molar-refractivity contribution in [3.63, 3.8) is 0 Å². The number of anilines is 1. The minimum absolute atomic E-state index is 0.389. The maximum absolute atomic E-state index is 12.8. The van der Waals surface area contributed by atoms with E-state index < -0.39 is 38.8 Å². The number of benzene rings is 1. The molecule has 5 nitrogen and oxygen atoms in total. The van der Waals surface area contributed by atoms with Crippen molar-refractivity contribution >= 4 is 33.2 Å². The monoisotopic (exact) mass is 354 g/mol. The first-order chi connectivity index (χ1) is 9.16. The summed E-state index contributed by atoms with van der Waals surface area (Å²) in [6, 6.07) is 2.17. The smallest absolute Gasteiger partial charge is 0.325 e. The zero-order chi connectivity index (χ0) is 15.5. The Balaban J connectivity index is 3.19. The molecular weight excluding hydrogens is 345 g/mol. The van der Waals surface area contributed by atoms with Gasteiger partial charge in [0.1, 0.15) is 0 Å². The minimum Gasteiger partial charge on any atom is -0.325 e. The minimum atomic E-state index is -4.80. The molecule has 0 saturated heterocycles. The zero-order valence-electron chi connectivity index (χ0n) is 10.2. The molecule has 1 unspecified atom stereocenters. The molecule has 0 radical (unpaired) electrons. The zero-order valence-corrected chi connectivity index (χ0v) is 11.8. The van der Waals surface area contributed by atoms with Gasteiger partial charge in [0.2, 0.25) is 5.91 Å². The van der Waals surface area contributed by atoms with Gasteiger partial charge in [-0.2, -0.15) is 13.2 Å². The number of nitro benzene ring substituents is 1. The molecule has 0 heterocycles. The summed E-state index contributed by atoms with van der Waals surface area (Å²) in [5.41, 5.74) is -2.46. The van der Waals surface area contributed by atoms with Crippen LogP contribution in [0.2, 0.25) is 0 Å². The van der Waals surface area contributed by atoms with Crippen molar-refractivity contribution in [3.8, 4) is 0 Å². The van der Waals surface area contributed by atoms with Crippen molar-refractivity contribution in [3.05, 3.63) is 33.9 Å². The molecule has 0 fully saturated rings. The number of amides is 1. The lowest BCUT2D eigenvalue weighted by molar-refractivity contribution is -0.385. The van der Waals surface area contributed by atoms with Gasteiger partial charge in [-0.15, -0.1) is 0 Å². The first kappa shape index (κ1) is 16.4. The third-order valence-corrected chi connectivity index (χ3v) is 3.48. The van der Waals surface area contributed by atoms with Gasteiger partial charge in [-0.05, 0) is 12.5 Å². The topological polar surface area (TPSA) is 72.2 Å². The Morgan fingerprint density at radius 1 is 1.50 bits per heavy atom. The molecular formula is C11H10BrF3N2O3. The van der Waals surface area contributed by atoms with E-state index in [0.29, 0.717) is 12.5 Å². The average Bonchev–Trinajstić information content (AvgIpc) is 2.36. The number of nitrogens with one attached hydrogen (secondary N) is 1. The van der Waals surface area contributed by atoms with Gasteiger partial charge in [-0.3, -0.25) is 14.9 Å². The van der Waals surface area contributed by atoms with E-state index in [-0.39, 0.29) is 0 Å². The van der Waals surface area contributed by atoms with Crippen LogP contribution in [0.3, 0.4) is 0 Å². The summed E-state index contributed by atoms with van der Waals surface area (Å²) < 4.78 is 38.5. The van der Waals surface area contributed by atoms with Crippen LogP contribution in [0.4, 0.5) is 24.5 Å². The molecule has 1 aromatic carbocycles. The quantitative estimate of drug-likeness (QED) is 0.508. The second-order valence-electron chi connectivity index (χ2n) is 3.85. The second kappa shape index (κ2) is 6.21. The highest BCUT2D eigenvalue weighted by atomic mass is 79.9. The van der Waals surface area contributed by atoms with Gasteiger partial charge in [0.15, 0.2) is 0 Å². The van der Waals surface area contributed by atoms with Crippen LogP contribution in [0.5, 0.6) is 0 Å². The number of rotatable bonds is 4. The predicted molar refractivity (Wildman–Crippen MR) is 69.7 cm³/mol. The summed E-state index contributed by atoms with van der Waals surface area (Å²) in [7, 11) is 0. The molecule has 110 valence electrons. The van der Waals surface area contributed by atoms with Crippen LogP contribution in [0.1, 0.15) is 18.9 Å². The molecule has 1 amide bonds. The van der Waals surface area contributed by atoms with Crippen LogP contribution in [-0.4, -0.2) is 15.7 Å². The number of hydrogen-bond acceptors (Lipinski definition) is 3. The van der Waals surface area contributed by atoms with Crippen molar-refractivity contribution < 1.29 is 22.9 Å². The molecule has 0 saturated carbocycles. The van der Waals surface area contributed by atoms with E-state index in [1.165, 1.54) is 0 Å². The molecule has 1 N–H and O–H groups in total. The Kier molecular flexibility index (Phi) is 5.09. The van der Waals surface area contributed by atoms with E-state index >= 15 is 0 Å².